The molecule has 1 aromatic carbocycles. The van der Waals surface area contributed by atoms with E-state index in [9.17, 15) is 0 Å². The number of halogens is 2. The van der Waals surface area contributed by atoms with Crippen molar-refractivity contribution in [3.05, 3.63) is 53.1 Å². The second kappa shape index (κ2) is 6.35. The Morgan fingerprint density at radius 3 is 2.38 bits per heavy atom. The number of aromatic nitrogens is 1. The number of rotatable bonds is 2. The van der Waals surface area contributed by atoms with E-state index in [1.807, 2.05) is 0 Å². The first-order valence-corrected chi connectivity index (χ1v) is 5.85. The molecule has 0 aliphatic carbocycles. The molecule has 3 heteroatoms. The van der Waals surface area contributed by atoms with Gasteiger partial charge in [-0.1, -0.05) is 15.9 Å². The van der Waals surface area contributed by atoms with Crippen LogP contribution in [0.1, 0.15) is 6.92 Å². The van der Waals surface area contributed by atoms with Gasteiger partial charge in [0.1, 0.15) is 6.54 Å². The second-order valence-corrected chi connectivity index (χ2v) is 4.29. The summed E-state index contributed by atoms with van der Waals surface area (Å²) in [5, 5.41) is 0. The van der Waals surface area contributed by atoms with Gasteiger partial charge in [-0.15, -0.1) is 0 Å². The second-order valence-electron chi connectivity index (χ2n) is 3.38. The quantitative estimate of drug-likeness (QED) is 0.518. The zero-order valence-corrected chi connectivity index (χ0v) is 12.8. The maximum atomic E-state index is 3.45. The maximum Gasteiger partial charge on any atom is 0.212 e. The monoisotopic (exact) mass is 389 g/mol. The minimum atomic E-state index is 0. The van der Waals surface area contributed by atoms with Gasteiger partial charge in [0.2, 0.25) is 5.69 Å². The van der Waals surface area contributed by atoms with Crippen LogP contribution in [0.4, 0.5) is 0 Å². The summed E-state index contributed by atoms with van der Waals surface area (Å²) in [5.41, 5.74) is 2.51. The molecule has 2 rings (SSSR count). The van der Waals surface area contributed by atoms with Gasteiger partial charge in [0, 0.05) is 22.2 Å². The molecule has 0 atom stereocenters. The van der Waals surface area contributed by atoms with E-state index in [0.717, 1.165) is 11.0 Å². The van der Waals surface area contributed by atoms with Gasteiger partial charge >= 0.3 is 0 Å². The zero-order chi connectivity index (χ0) is 10.7. The van der Waals surface area contributed by atoms with Crippen molar-refractivity contribution in [1.82, 2.24) is 0 Å². The SMILES string of the molecule is CC[n+]1ccccc1-c1ccc(Br)cc1.[I-]. The predicted octanol–water partition coefficient (Wildman–Crippen LogP) is 0.427. The summed E-state index contributed by atoms with van der Waals surface area (Å²) in [5.74, 6) is 0. The lowest BCUT2D eigenvalue weighted by atomic mass is 10.1. The fraction of sp³-hybridized carbons (Fsp3) is 0.154. The Kier molecular flexibility index (Phi) is 5.41. The standard InChI is InChI=1S/C13H13BrN.HI/c1-2-15-10-4-3-5-13(15)11-6-8-12(14)9-7-11;/h3-10H,2H2,1H3;1H/q+1;/p-1. The molecular weight excluding hydrogens is 377 g/mol. The van der Waals surface area contributed by atoms with Crippen LogP contribution in [0.3, 0.4) is 0 Å². The number of nitrogens with zero attached hydrogens (tertiary/aromatic N) is 1. The first-order valence-electron chi connectivity index (χ1n) is 5.05. The lowest BCUT2D eigenvalue weighted by Crippen LogP contribution is -3.00. The Labute approximate surface area is 122 Å². The molecule has 0 saturated carbocycles. The molecule has 0 aliphatic heterocycles. The van der Waals surface area contributed by atoms with Gasteiger partial charge in [0.25, 0.3) is 0 Å². The summed E-state index contributed by atoms with van der Waals surface area (Å²) in [4.78, 5) is 0. The van der Waals surface area contributed by atoms with Crippen molar-refractivity contribution in [2.75, 3.05) is 0 Å². The van der Waals surface area contributed by atoms with E-state index in [2.05, 4.69) is 76.1 Å². The van der Waals surface area contributed by atoms with Crippen molar-refractivity contribution in [2.24, 2.45) is 0 Å². The number of benzene rings is 1. The maximum absolute atomic E-state index is 3.45. The Hall–Kier alpha value is -0.420. The van der Waals surface area contributed by atoms with Crippen LogP contribution in [0.5, 0.6) is 0 Å². The van der Waals surface area contributed by atoms with E-state index < -0.39 is 0 Å². The van der Waals surface area contributed by atoms with Gasteiger partial charge in [0.15, 0.2) is 6.20 Å². The molecule has 0 spiro atoms. The van der Waals surface area contributed by atoms with E-state index in [0.29, 0.717) is 0 Å². The molecule has 0 N–H and O–H groups in total. The van der Waals surface area contributed by atoms with Crippen LogP contribution >= 0.6 is 15.9 Å². The topological polar surface area (TPSA) is 3.88 Å². The number of aryl methyl sites for hydroxylation is 1. The van der Waals surface area contributed by atoms with Crippen LogP contribution in [-0.2, 0) is 6.54 Å². The van der Waals surface area contributed by atoms with Crippen molar-refractivity contribution in [3.63, 3.8) is 0 Å². The average molecular weight is 390 g/mol. The van der Waals surface area contributed by atoms with Crippen molar-refractivity contribution < 1.29 is 28.5 Å². The van der Waals surface area contributed by atoms with Gasteiger partial charge in [0.05, 0.1) is 0 Å². The highest BCUT2D eigenvalue weighted by Gasteiger charge is 2.09. The molecule has 0 radical (unpaired) electrons. The first kappa shape index (κ1) is 13.6. The van der Waals surface area contributed by atoms with Crippen LogP contribution < -0.4 is 28.5 Å². The Bertz CT molecular complexity index is 454. The molecule has 1 nitrogen and oxygen atoms in total. The van der Waals surface area contributed by atoms with Gasteiger partial charge in [-0.2, -0.15) is 4.57 Å². The van der Waals surface area contributed by atoms with Gasteiger partial charge in [-0.05, 0) is 37.3 Å². The molecule has 0 saturated heterocycles. The third kappa shape index (κ3) is 3.04. The Balaban J connectivity index is 0.00000128. The van der Waals surface area contributed by atoms with Crippen molar-refractivity contribution in [3.8, 4) is 11.3 Å². The van der Waals surface area contributed by atoms with Crippen LogP contribution in [0.15, 0.2) is 53.1 Å². The zero-order valence-electron chi connectivity index (χ0n) is 9.03. The number of hydrogen-bond acceptors (Lipinski definition) is 0. The molecule has 0 amide bonds. The largest absolute Gasteiger partial charge is 1.00 e. The van der Waals surface area contributed by atoms with Gasteiger partial charge in [-0.3, -0.25) is 0 Å². The molecule has 84 valence electrons. The summed E-state index contributed by atoms with van der Waals surface area (Å²) in [6.45, 7) is 3.15. The molecule has 2 aromatic rings. The van der Waals surface area contributed by atoms with Gasteiger partial charge in [-0.25, -0.2) is 0 Å². The summed E-state index contributed by atoms with van der Waals surface area (Å²) in [6, 6.07) is 14.7. The minimum absolute atomic E-state index is 0. The van der Waals surface area contributed by atoms with E-state index in [1.165, 1.54) is 11.3 Å². The van der Waals surface area contributed by atoms with Gasteiger partial charge < -0.3 is 24.0 Å². The average Bonchev–Trinajstić information content (AvgIpc) is 2.30. The van der Waals surface area contributed by atoms with Crippen LogP contribution in [0.2, 0.25) is 0 Å². The van der Waals surface area contributed by atoms with Crippen LogP contribution in [0, 0.1) is 0 Å². The summed E-state index contributed by atoms with van der Waals surface area (Å²) in [6.07, 6.45) is 2.11. The normalized spacial score (nSPS) is 9.62. The fourth-order valence-corrected chi connectivity index (χ4v) is 1.90. The van der Waals surface area contributed by atoms with E-state index >= 15 is 0 Å². The fourth-order valence-electron chi connectivity index (χ4n) is 1.63. The predicted molar refractivity (Wildman–Crippen MR) is 65.4 cm³/mol. The lowest BCUT2D eigenvalue weighted by Gasteiger charge is -2.01. The minimum Gasteiger partial charge on any atom is -1.00 e. The highest BCUT2D eigenvalue weighted by molar-refractivity contribution is 9.10. The lowest BCUT2D eigenvalue weighted by molar-refractivity contribution is -0.682. The Morgan fingerprint density at radius 2 is 1.75 bits per heavy atom. The summed E-state index contributed by atoms with van der Waals surface area (Å²) >= 11 is 3.45. The Morgan fingerprint density at radius 1 is 1.06 bits per heavy atom. The first-order chi connectivity index (χ1) is 7.31. The number of pyridine rings is 1. The molecule has 1 heterocycles. The van der Waals surface area contributed by atoms with Crippen LogP contribution in [0.25, 0.3) is 11.3 Å². The molecule has 0 unspecified atom stereocenters. The summed E-state index contributed by atoms with van der Waals surface area (Å²) < 4.78 is 3.36. The highest BCUT2D eigenvalue weighted by Crippen LogP contribution is 2.18. The van der Waals surface area contributed by atoms with Crippen molar-refractivity contribution in [1.29, 1.82) is 0 Å². The molecule has 1 aromatic heterocycles. The molecular formula is C13H13BrIN. The molecule has 16 heavy (non-hydrogen) atoms. The third-order valence-electron chi connectivity index (χ3n) is 2.42. The van der Waals surface area contributed by atoms with Crippen molar-refractivity contribution >= 4 is 15.9 Å². The third-order valence-corrected chi connectivity index (χ3v) is 2.95. The van der Waals surface area contributed by atoms with E-state index in [4.69, 9.17) is 0 Å². The van der Waals surface area contributed by atoms with Crippen molar-refractivity contribution in [2.45, 2.75) is 13.5 Å². The highest BCUT2D eigenvalue weighted by atomic mass is 127. The number of hydrogen-bond donors (Lipinski definition) is 0. The molecule has 0 aliphatic rings. The van der Waals surface area contributed by atoms with Crippen LogP contribution in [-0.4, -0.2) is 0 Å². The van der Waals surface area contributed by atoms with E-state index in [-0.39, 0.29) is 24.0 Å². The van der Waals surface area contributed by atoms with E-state index in [1.54, 1.807) is 0 Å². The molecule has 0 bridgehead atoms. The summed E-state index contributed by atoms with van der Waals surface area (Å²) in [7, 11) is 0. The smallest absolute Gasteiger partial charge is 0.212 e. The molecule has 0 fully saturated rings.